The van der Waals surface area contributed by atoms with E-state index in [4.69, 9.17) is 0 Å². The maximum Gasteiger partial charge on any atom is 0.231 e. The molecule has 2 aliphatic rings. The van der Waals surface area contributed by atoms with Crippen LogP contribution in [0.25, 0.3) is 16.5 Å². The first kappa shape index (κ1) is 22.2. The molecule has 2 atom stereocenters. The summed E-state index contributed by atoms with van der Waals surface area (Å²) in [7, 11) is 2.16. The van der Waals surface area contributed by atoms with E-state index in [0.29, 0.717) is 6.42 Å². The maximum atomic E-state index is 13.2. The van der Waals surface area contributed by atoms with Crippen LogP contribution >= 0.6 is 11.8 Å². The molecular weight excluding hydrogens is 406 g/mol. The molecule has 0 saturated carbocycles. The molecule has 0 radical (unpaired) electrons. The van der Waals surface area contributed by atoms with Crippen molar-refractivity contribution in [2.45, 2.75) is 39.2 Å². The quantitative estimate of drug-likeness (QED) is 0.678. The smallest absolute Gasteiger partial charge is 0.231 e. The predicted octanol–water partition coefficient (Wildman–Crippen LogP) is 4.16. The Labute approximate surface area is 189 Å². The van der Waals surface area contributed by atoms with Crippen molar-refractivity contribution < 1.29 is 9.59 Å². The molecule has 31 heavy (non-hydrogen) atoms. The Morgan fingerprint density at radius 3 is 2.71 bits per heavy atom. The monoisotopic (exact) mass is 439 g/mol. The number of thioether (sulfide) groups is 1. The summed E-state index contributed by atoms with van der Waals surface area (Å²) in [5.74, 6) is 1.12. The molecule has 0 spiro atoms. The van der Waals surface area contributed by atoms with Crippen LogP contribution in [0.3, 0.4) is 0 Å². The number of aromatic nitrogens is 1. The molecule has 4 rings (SSSR count). The fourth-order valence-corrected chi connectivity index (χ4v) is 5.51. The van der Waals surface area contributed by atoms with E-state index in [-0.39, 0.29) is 23.8 Å². The standard InChI is InChI=1S/C25H33N3O2S/c1-5-27(6-2)25(30)17-10-12-26(3)22-15-18-16-28(23(29)11-13-31-4)21-9-7-8-19(24(18)21)20(22)14-17/h7-9,14,16-17,22H,5-6,10-13,15H2,1-4H3. The van der Waals surface area contributed by atoms with E-state index in [2.05, 4.69) is 42.4 Å². The van der Waals surface area contributed by atoms with Crippen molar-refractivity contribution in [1.29, 1.82) is 0 Å². The lowest BCUT2D eigenvalue weighted by Gasteiger charge is -2.32. The molecule has 1 aromatic heterocycles. The molecule has 6 heteroatoms. The molecule has 0 saturated heterocycles. The minimum Gasteiger partial charge on any atom is -0.343 e. The normalized spacial score (nSPS) is 20.8. The lowest BCUT2D eigenvalue weighted by Crippen LogP contribution is -2.37. The molecule has 1 aromatic carbocycles. The molecule has 1 aliphatic heterocycles. The van der Waals surface area contributed by atoms with Crippen LogP contribution in [0.5, 0.6) is 0 Å². The molecule has 2 unspecified atom stereocenters. The van der Waals surface area contributed by atoms with Crippen LogP contribution in [-0.4, -0.2) is 70.9 Å². The van der Waals surface area contributed by atoms with Crippen molar-refractivity contribution in [3.63, 3.8) is 0 Å². The number of nitrogens with zero attached hydrogens (tertiary/aromatic N) is 3. The zero-order chi connectivity index (χ0) is 22.1. The van der Waals surface area contributed by atoms with Gasteiger partial charge in [0.05, 0.1) is 11.4 Å². The van der Waals surface area contributed by atoms with Crippen LogP contribution < -0.4 is 0 Å². The van der Waals surface area contributed by atoms with Gasteiger partial charge in [-0.15, -0.1) is 0 Å². The van der Waals surface area contributed by atoms with E-state index < -0.39 is 0 Å². The number of benzene rings is 1. The first-order valence-electron chi connectivity index (χ1n) is 11.4. The van der Waals surface area contributed by atoms with Gasteiger partial charge in [-0.05, 0) is 69.3 Å². The van der Waals surface area contributed by atoms with Gasteiger partial charge in [0, 0.05) is 42.9 Å². The van der Waals surface area contributed by atoms with Crippen LogP contribution in [-0.2, 0) is 11.2 Å². The van der Waals surface area contributed by atoms with E-state index in [1.54, 1.807) is 11.8 Å². The van der Waals surface area contributed by atoms with Crippen molar-refractivity contribution >= 4 is 40.1 Å². The fourth-order valence-electron chi connectivity index (χ4n) is 5.13. The van der Waals surface area contributed by atoms with Gasteiger partial charge in [-0.3, -0.25) is 19.1 Å². The Morgan fingerprint density at radius 2 is 2.00 bits per heavy atom. The van der Waals surface area contributed by atoms with E-state index in [1.807, 2.05) is 29.6 Å². The SMILES string of the molecule is CCN(CC)C(=O)C1C=C2c3cccc4c3c(cn4C(=O)CCSC)CC2N(C)CC1. The summed E-state index contributed by atoms with van der Waals surface area (Å²) in [5, 5.41) is 1.19. The average Bonchev–Trinajstić information content (AvgIpc) is 3.07. The minimum absolute atomic E-state index is 0.0931. The highest BCUT2D eigenvalue weighted by Gasteiger charge is 2.35. The maximum absolute atomic E-state index is 13.2. The molecule has 2 aromatic rings. The van der Waals surface area contributed by atoms with Crippen molar-refractivity contribution in [2.24, 2.45) is 5.92 Å². The van der Waals surface area contributed by atoms with Gasteiger partial charge in [0.1, 0.15) is 0 Å². The van der Waals surface area contributed by atoms with Crippen LogP contribution in [0.2, 0.25) is 0 Å². The summed E-state index contributed by atoms with van der Waals surface area (Å²) in [6.45, 7) is 6.47. The van der Waals surface area contributed by atoms with Gasteiger partial charge in [0.2, 0.25) is 11.8 Å². The Kier molecular flexibility index (Phi) is 6.58. The summed E-state index contributed by atoms with van der Waals surface area (Å²) in [6.07, 6.45) is 8.60. The van der Waals surface area contributed by atoms with Gasteiger partial charge in [0.25, 0.3) is 0 Å². The van der Waals surface area contributed by atoms with Crippen molar-refractivity contribution in [3.05, 3.63) is 41.6 Å². The summed E-state index contributed by atoms with van der Waals surface area (Å²) in [4.78, 5) is 30.4. The molecule has 166 valence electrons. The first-order chi connectivity index (χ1) is 15.0. The lowest BCUT2D eigenvalue weighted by molar-refractivity contribution is -0.133. The third kappa shape index (κ3) is 3.96. The molecular formula is C25H33N3O2S. The third-order valence-electron chi connectivity index (χ3n) is 6.88. The Morgan fingerprint density at radius 1 is 1.23 bits per heavy atom. The number of hydrogen-bond acceptors (Lipinski definition) is 4. The van der Waals surface area contributed by atoms with Gasteiger partial charge in [-0.1, -0.05) is 18.2 Å². The number of fused-ring (bicyclic) bond motifs is 2. The molecule has 0 bridgehead atoms. The Bertz CT molecular complexity index is 1020. The second-order valence-corrected chi connectivity index (χ2v) is 9.57. The minimum atomic E-state index is -0.0931. The zero-order valence-electron chi connectivity index (χ0n) is 19.1. The largest absolute Gasteiger partial charge is 0.343 e. The Balaban J connectivity index is 1.80. The highest BCUT2D eigenvalue weighted by atomic mass is 32.2. The number of amides is 1. The van der Waals surface area contributed by atoms with Gasteiger partial charge in [-0.2, -0.15) is 11.8 Å². The highest BCUT2D eigenvalue weighted by molar-refractivity contribution is 7.98. The van der Waals surface area contributed by atoms with Crippen LogP contribution in [0.15, 0.2) is 30.5 Å². The number of carbonyl (C=O) groups excluding carboxylic acids is 2. The highest BCUT2D eigenvalue weighted by Crippen LogP contribution is 2.41. The number of carbonyl (C=O) groups is 2. The number of likely N-dealkylation sites (N-methyl/N-ethyl adjacent to an activating group) is 1. The molecule has 1 amide bonds. The van der Waals surface area contributed by atoms with E-state index in [1.165, 1.54) is 22.1 Å². The van der Waals surface area contributed by atoms with Crippen molar-refractivity contribution in [2.75, 3.05) is 38.7 Å². The number of rotatable bonds is 6. The summed E-state index contributed by atoms with van der Waals surface area (Å²) >= 11 is 1.70. The van der Waals surface area contributed by atoms with E-state index >= 15 is 0 Å². The van der Waals surface area contributed by atoms with Gasteiger partial charge in [-0.25, -0.2) is 0 Å². The van der Waals surface area contributed by atoms with Crippen molar-refractivity contribution in [3.8, 4) is 0 Å². The van der Waals surface area contributed by atoms with E-state index in [0.717, 1.165) is 43.7 Å². The number of hydrogen-bond donors (Lipinski definition) is 0. The molecule has 1 aliphatic carbocycles. The molecule has 2 heterocycles. The third-order valence-corrected chi connectivity index (χ3v) is 7.49. The van der Waals surface area contributed by atoms with Gasteiger partial charge in [0.15, 0.2) is 0 Å². The van der Waals surface area contributed by atoms with Gasteiger partial charge >= 0.3 is 0 Å². The van der Waals surface area contributed by atoms with E-state index in [9.17, 15) is 9.59 Å². The summed E-state index contributed by atoms with van der Waals surface area (Å²) in [6, 6.07) is 6.51. The molecule has 0 fully saturated rings. The molecule has 5 nitrogen and oxygen atoms in total. The summed E-state index contributed by atoms with van der Waals surface area (Å²) in [5.41, 5.74) is 4.67. The fraction of sp³-hybridized carbons (Fsp3) is 0.520. The second-order valence-electron chi connectivity index (χ2n) is 8.59. The predicted molar refractivity (Wildman–Crippen MR) is 130 cm³/mol. The summed E-state index contributed by atoms with van der Waals surface area (Å²) < 4.78 is 1.86. The van der Waals surface area contributed by atoms with Crippen LogP contribution in [0.1, 0.15) is 42.6 Å². The first-order valence-corrected chi connectivity index (χ1v) is 12.8. The second kappa shape index (κ2) is 9.21. The average molecular weight is 440 g/mol. The lowest BCUT2D eigenvalue weighted by atomic mass is 9.83. The van der Waals surface area contributed by atoms with Crippen LogP contribution in [0.4, 0.5) is 0 Å². The van der Waals surface area contributed by atoms with Gasteiger partial charge < -0.3 is 4.90 Å². The van der Waals surface area contributed by atoms with Crippen molar-refractivity contribution in [1.82, 2.24) is 14.4 Å². The Hall–Kier alpha value is -2.05. The topological polar surface area (TPSA) is 45.6 Å². The molecule has 0 N–H and O–H groups in total. The van der Waals surface area contributed by atoms with Crippen LogP contribution in [0, 0.1) is 5.92 Å². The zero-order valence-corrected chi connectivity index (χ0v) is 19.9.